The van der Waals surface area contributed by atoms with Crippen molar-refractivity contribution in [1.82, 2.24) is 10.5 Å². The molecule has 0 atom stereocenters. The Morgan fingerprint density at radius 2 is 1.96 bits per heavy atom. The van der Waals surface area contributed by atoms with Crippen molar-refractivity contribution >= 4 is 5.91 Å². The largest absolute Gasteiger partial charge is 0.484 e. The normalized spacial score (nSPS) is 10.4. The van der Waals surface area contributed by atoms with Crippen molar-refractivity contribution in [2.24, 2.45) is 0 Å². The molecule has 0 aliphatic rings. The number of nitrogens with one attached hydrogen (secondary N) is 1. The Bertz CT molecular complexity index is 812. The van der Waals surface area contributed by atoms with E-state index in [1.807, 2.05) is 67.6 Å². The van der Waals surface area contributed by atoms with Crippen LogP contribution in [0.25, 0.3) is 11.3 Å². The highest BCUT2D eigenvalue weighted by molar-refractivity contribution is 5.77. The van der Waals surface area contributed by atoms with Crippen LogP contribution in [0.4, 0.5) is 0 Å². The fourth-order valence-electron chi connectivity index (χ4n) is 2.23. The zero-order chi connectivity index (χ0) is 16.8. The minimum Gasteiger partial charge on any atom is -0.484 e. The number of nitrogens with zero attached hydrogens (tertiary/aromatic N) is 1. The lowest BCUT2D eigenvalue weighted by Gasteiger charge is -2.06. The molecule has 3 rings (SSSR count). The van der Waals surface area contributed by atoms with Crippen LogP contribution >= 0.6 is 0 Å². The summed E-state index contributed by atoms with van der Waals surface area (Å²) in [6, 6.07) is 19.1. The van der Waals surface area contributed by atoms with E-state index in [2.05, 4.69) is 10.5 Å². The Balaban J connectivity index is 1.49. The number of hydrogen-bond donors (Lipinski definition) is 1. The number of ether oxygens (including phenoxy) is 1. The van der Waals surface area contributed by atoms with Crippen LogP contribution < -0.4 is 10.1 Å². The maximum absolute atomic E-state index is 11.9. The quantitative estimate of drug-likeness (QED) is 0.756. The summed E-state index contributed by atoms with van der Waals surface area (Å²) >= 11 is 0. The number of hydrogen-bond acceptors (Lipinski definition) is 4. The molecule has 122 valence electrons. The van der Waals surface area contributed by atoms with Gasteiger partial charge in [-0.25, -0.2) is 0 Å². The lowest BCUT2D eigenvalue weighted by atomic mass is 10.2. The summed E-state index contributed by atoms with van der Waals surface area (Å²) in [6.07, 6.45) is 0. The fourth-order valence-corrected chi connectivity index (χ4v) is 2.23. The first-order chi connectivity index (χ1) is 11.7. The Hall–Kier alpha value is -3.08. The van der Waals surface area contributed by atoms with Crippen LogP contribution in [0.3, 0.4) is 0 Å². The van der Waals surface area contributed by atoms with Gasteiger partial charge in [-0.15, -0.1) is 0 Å². The van der Waals surface area contributed by atoms with Gasteiger partial charge in [-0.3, -0.25) is 4.79 Å². The molecule has 0 bridgehead atoms. The Kier molecular flexibility index (Phi) is 4.91. The van der Waals surface area contributed by atoms with Crippen LogP contribution in [0.2, 0.25) is 0 Å². The molecule has 0 saturated heterocycles. The van der Waals surface area contributed by atoms with Crippen LogP contribution in [0.5, 0.6) is 5.75 Å². The zero-order valence-electron chi connectivity index (χ0n) is 13.4. The standard InChI is InChI=1S/C19H18N2O3/c1-14-6-5-9-17(10-14)23-13-19(22)20-12-16-11-18(24-21-16)15-7-3-2-4-8-15/h2-11H,12-13H2,1H3,(H,20,22). The molecule has 0 spiro atoms. The van der Waals surface area contributed by atoms with Crippen molar-refractivity contribution in [1.29, 1.82) is 0 Å². The summed E-state index contributed by atoms with van der Waals surface area (Å²) in [5.74, 6) is 1.15. The van der Waals surface area contributed by atoms with Gasteiger partial charge in [0.05, 0.1) is 6.54 Å². The van der Waals surface area contributed by atoms with Gasteiger partial charge in [0.1, 0.15) is 11.4 Å². The fraction of sp³-hybridized carbons (Fsp3) is 0.158. The third kappa shape index (κ3) is 4.23. The lowest BCUT2D eigenvalue weighted by molar-refractivity contribution is -0.123. The van der Waals surface area contributed by atoms with E-state index in [0.717, 1.165) is 11.1 Å². The van der Waals surface area contributed by atoms with Gasteiger partial charge in [0, 0.05) is 11.6 Å². The van der Waals surface area contributed by atoms with Crippen LogP contribution in [0, 0.1) is 6.92 Å². The minimum absolute atomic E-state index is 0.0349. The molecule has 5 heteroatoms. The second-order valence-electron chi connectivity index (χ2n) is 5.43. The average Bonchev–Trinajstić information content (AvgIpc) is 3.08. The van der Waals surface area contributed by atoms with Gasteiger partial charge in [-0.05, 0) is 24.6 Å². The predicted octanol–water partition coefficient (Wildman–Crippen LogP) is 3.35. The maximum atomic E-state index is 11.9. The zero-order valence-corrected chi connectivity index (χ0v) is 13.4. The van der Waals surface area contributed by atoms with Crippen LogP contribution in [0.1, 0.15) is 11.3 Å². The molecule has 1 N–H and O–H groups in total. The Labute approximate surface area is 140 Å². The van der Waals surface area contributed by atoms with Crippen LogP contribution in [-0.4, -0.2) is 17.7 Å². The van der Waals surface area contributed by atoms with Gasteiger partial charge >= 0.3 is 0 Å². The molecule has 0 aliphatic heterocycles. The summed E-state index contributed by atoms with van der Waals surface area (Å²) < 4.78 is 10.7. The van der Waals surface area contributed by atoms with Crippen molar-refractivity contribution in [3.63, 3.8) is 0 Å². The molecule has 0 saturated carbocycles. The molecule has 0 radical (unpaired) electrons. The third-order valence-corrected chi connectivity index (χ3v) is 3.44. The first-order valence-corrected chi connectivity index (χ1v) is 7.68. The predicted molar refractivity (Wildman–Crippen MR) is 90.5 cm³/mol. The van der Waals surface area contributed by atoms with Gasteiger partial charge in [0.25, 0.3) is 5.91 Å². The average molecular weight is 322 g/mol. The third-order valence-electron chi connectivity index (χ3n) is 3.44. The number of carbonyl (C=O) groups excluding carboxylic acids is 1. The van der Waals surface area contributed by atoms with E-state index in [9.17, 15) is 4.79 Å². The van der Waals surface area contributed by atoms with Gasteiger partial charge < -0.3 is 14.6 Å². The number of benzene rings is 2. The second-order valence-corrected chi connectivity index (χ2v) is 5.43. The van der Waals surface area contributed by atoms with E-state index >= 15 is 0 Å². The molecule has 24 heavy (non-hydrogen) atoms. The van der Waals surface area contributed by atoms with Crippen molar-refractivity contribution in [2.75, 3.05) is 6.61 Å². The number of aryl methyl sites for hydroxylation is 1. The summed E-state index contributed by atoms with van der Waals surface area (Å²) in [4.78, 5) is 11.9. The van der Waals surface area contributed by atoms with E-state index in [1.165, 1.54) is 0 Å². The van der Waals surface area contributed by atoms with E-state index in [-0.39, 0.29) is 12.5 Å². The van der Waals surface area contributed by atoms with Crippen molar-refractivity contribution in [2.45, 2.75) is 13.5 Å². The first kappa shape index (κ1) is 15.8. The number of carbonyl (C=O) groups is 1. The number of rotatable bonds is 6. The minimum atomic E-state index is -0.208. The summed E-state index contributed by atoms with van der Waals surface area (Å²) in [5.41, 5.74) is 2.70. The highest BCUT2D eigenvalue weighted by atomic mass is 16.5. The molecule has 0 aliphatic carbocycles. The molecule has 3 aromatic rings. The summed E-state index contributed by atoms with van der Waals surface area (Å²) in [7, 11) is 0. The topological polar surface area (TPSA) is 64.4 Å². The molecular formula is C19H18N2O3. The SMILES string of the molecule is Cc1cccc(OCC(=O)NCc2cc(-c3ccccc3)on2)c1. The molecule has 2 aromatic carbocycles. The molecule has 0 fully saturated rings. The van der Waals surface area contributed by atoms with Gasteiger partial charge in [0.2, 0.25) is 0 Å². The van der Waals surface area contributed by atoms with Crippen LogP contribution in [-0.2, 0) is 11.3 Å². The van der Waals surface area contributed by atoms with Crippen molar-refractivity contribution in [3.8, 4) is 17.1 Å². The first-order valence-electron chi connectivity index (χ1n) is 7.68. The molecule has 1 heterocycles. The van der Waals surface area contributed by atoms with E-state index in [1.54, 1.807) is 0 Å². The van der Waals surface area contributed by atoms with E-state index in [0.29, 0.717) is 23.7 Å². The smallest absolute Gasteiger partial charge is 0.258 e. The van der Waals surface area contributed by atoms with E-state index in [4.69, 9.17) is 9.26 Å². The van der Waals surface area contributed by atoms with Gasteiger partial charge in [-0.1, -0.05) is 47.6 Å². The van der Waals surface area contributed by atoms with E-state index < -0.39 is 0 Å². The van der Waals surface area contributed by atoms with Gasteiger partial charge in [-0.2, -0.15) is 0 Å². The van der Waals surface area contributed by atoms with Gasteiger partial charge in [0.15, 0.2) is 12.4 Å². The molecule has 5 nitrogen and oxygen atoms in total. The Morgan fingerprint density at radius 1 is 1.12 bits per heavy atom. The highest BCUT2D eigenvalue weighted by Gasteiger charge is 2.08. The maximum Gasteiger partial charge on any atom is 0.258 e. The molecule has 1 aromatic heterocycles. The lowest BCUT2D eigenvalue weighted by Crippen LogP contribution is -2.28. The number of amides is 1. The second kappa shape index (κ2) is 7.46. The summed E-state index contributed by atoms with van der Waals surface area (Å²) in [6.45, 7) is 2.24. The monoisotopic (exact) mass is 322 g/mol. The Morgan fingerprint density at radius 3 is 2.75 bits per heavy atom. The molecule has 1 amide bonds. The van der Waals surface area contributed by atoms with Crippen molar-refractivity contribution < 1.29 is 14.1 Å². The number of aromatic nitrogens is 1. The highest BCUT2D eigenvalue weighted by Crippen LogP contribution is 2.19. The summed E-state index contributed by atoms with van der Waals surface area (Å²) in [5, 5.41) is 6.73. The molecule has 0 unspecified atom stereocenters. The van der Waals surface area contributed by atoms with Crippen molar-refractivity contribution in [3.05, 3.63) is 71.9 Å². The molecular weight excluding hydrogens is 304 g/mol. The van der Waals surface area contributed by atoms with Crippen LogP contribution in [0.15, 0.2) is 65.2 Å².